The highest BCUT2D eigenvalue weighted by atomic mass is 35.5. The van der Waals surface area contributed by atoms with Gasteiger partial charge >= 0.3 is 0 Å². The third kappa shape index (κ3) is 4.77. The molecule has 0 unspecified atom stereocenters. The molecule has 0 atom stereocenters. The van der Waals surface area contributed by atoms with Crippen molar-refractivity contribution in [3.63, 3.8) is 0 Å². The Morgan fingerprint density at radius 3 is 2.73 bits per heavy atom. The van der Waals surface area contributed by atoms with Gasteiger partial charge in [-0.2, -0.15) is 0 Å². The minimum atomic E-state index is 0.150. The highest BCUT2D eigenvalue weighted by Crippen LogP contribution is 2.31. The lowest BCUT2D eigenvalue weighted by atomic mass is 9.97. The normalized spacial score (nSPS) is 15.9. The summed E-state index contributed by atoms with van der Waals surface area (Å²) in [4.78, 5) is 14.0. The van der Waals surface area contributed by atoms with Gasteiger partial charge in [0.2, 0.25) is 5.91 Å². The van der Waals surface area contributed by atoms with Crippen molar-refractivity contribution >= 4 is 29.1 Å². The summed E-state index contributed by atoms with van der Waals surface area (Å²) >= 11 is 11.9. The minimum Gasteiger partial charge on any atom is -0.492 e. The highest BCUT2D eigenvalue weighted by Gasteiger charge is 2.21. The molecule has 0 saturated carbocycles. The number of halogens is 2. The van der Waals surface area contributed by atoms with Crippen LogP contribution in [0.4, 0.5) is 0 Å². The monoisotopic (exact) mass is 345 g/mol. The van der Waals surface area contributed by atoms with Gasteiger partial charge in [0, 0.05) is 26.1 Å². The second-order valence-electron chi connectivity index (χ2n) is 5.51. The van der Waals surface area contributed by atoms with Crippen LogP contribution in [0.2, 0.25) is 10.0 Å². The topological polar surface area (TPSA) is 49.8 Å². The Morgan fingerprint density at radius 1 is 1.32 bits per heavy atom. The molecule has 0 bridgehead atoms. The molecule has 1 heterocycles. The molecule has 1 N–H and O–H groups in total. The summed E-state index contributed by atoms with van der Waals surface area (Å²) in [6, 6.07) is 5.24. The van der Waals surface area contributed by atoms with E-state index in [-0.39, 0.29) is 12.5 Å². The van der Waals surface area contributed by atoms with Crippen LogP contribution in [0.5, 0.6) is 5.75 Å². The van der Waals surface area contributed by atoms with E-state index in [4.69, 9.17) is 33.0 Å². The van der Waals surface area contributed by atoms with Crippen LogP contribution in [0.3, 0.4) is 0 Å². The average Bonchev–Trinajstić information content (AvgIpc) is 2.55. The van der Waals surface area contributed by atoms with Gasteiger partial charge in [0.1, 0.15) is 10.8 Å². The maximum Gasteiger partial charge on any atom is 0.222 e. The van der Waals surface area contributed by atoms with Gasteiger partial charge in [-0.3, -0.25) is 4.79 Å². The smallest absolute Gasteiger partial charge is 0.222 e. The van der Waals surface area contributed by atoms with Gasteiger partial charge in [0.15, 0.2) is 0 Å². The molecule has 0 radical (unpaired) electrons. The van der Waals surface area contributed by atoms with Crippen LogP contribution in [0.1, 0.15) is 25.7 Å². The van der Waals surface area contributed by atoms with Crippen molar-refractivity contribution in [3.8, 4) is 5.75 Å². The molecule has 1 saturated heterocycles. The number of nitrogens with zero attached hydrogens (tertiary/aromatic N) is 1. The van der Waals surface area contributed by atoms with E-state index >= 15 is 0 Å². The summed E-state index contributed by atoms with van der Waals surface area (Å²) in [6.07, 6.45) is 2.87. The SMILES string of the molecule is O=C(CCCOc1cccc(Cl)c1Cl)N1CCC(CO)CC1. The predicted molar refractivity (Wildman–Crippen MR) is 87.6 cm³/mol. The zero-order valence-corrected chi connectivity index (χ0v) is 13.9. The predicted octanol–water partition coefficient (Wildman–Crippen LogP) is 3.38. The van der Waals surface area contributed by atoms with E-state index in [0.717, 1.165) is 25.9 Å². The lowest BCUT2D eigenvalue weighted by molar-refractivity contribution is -0.133. The first-order chi connectivity index (χ1) is 10.6. The Labute approximate surface area is 141 Å². The number of ether oxygens (including phenoxy) is 1. The number of rotatable bonds is 6. The maximum atomic E-state index is 12.1. The Bertz CT molecular complexity index is 502. The van der Waals surface area contributed by atoms with Gasteiger partial charge in [-0.05, 0) is 37.3 Å². The number of piperidine rings is 1. The molecule has 1 amide bonds. The fraction of sp³-hybridized carbons (Fsp3) is 0.562. The van der Waals surface area contributed by atoms with Crippen molar-refractivity contribution in [3.05, 3.63) is 28.2 Å². The van der Waals surface area contributed by atoms with Crippen molar-refractivity contribution in [2.75, 3.05) is 26.3 Å². The molecule has 4 nitrogen and oxygen atoms in total. The van der Waals surface area contributed by atoms with E-state index in [9.17, 15) is 4.79 Å². The Morgan fingerprint density at radius 2 is 2.05 bits per heavy atom. The zero-order valence-electron chi connectivity index (χ0n) is 12.4. The van der Waals surface area contributed by atoms with Crippen LogP contribution >= 0.6 is 23.2 Å². The third-order valence-electron chi connectivity index (χ3n) is 3.93. The quantitative estimate of drug-likeness (QED) is 0.804. The van der Waals surface area contributed by atoms with E-state index in [0.29, 0.717) is 41.2 Å². The number of aliphatic hydroxyl groups excluding tert-OH is 1. The summed E-state index contributed by atoms with van der Waals surface area (Å²) in [6.45, 7) is 2.13. The van der Waals surface area contributed by atoms with E-state index < -0.39 is 0 Å². The first-order valence-corrected chi connectivity index (χ1v) is 8.33. The number of carbonyl (C=O) groups is 1. The first-order valence-electron chi connectivity index (χ1n) is 7.57. The number of carbonyl (C=O) groups excluding carboxylic acids is 1. The number of amides is 1. The summed E-state index contributed by atoms with van der Waals surface area (Å²) in [5.74, 6) is 1.04. The Kier molecular flexibility index (Phi) is 6.80. The number of hydrogen-bond donors (Lipinski definition) is 1. The van der Waals surface area contributed by atoms with E-state index in [1.54, 1.807) is 18.2 Å². The molecule has 6 heteroatoms. The molecule has 0 aromatic heterocycles. The number of likely N-dealkylation sites (tertiary alicyclic amines) is 1. The van der Waals surface area contributed by atoms with Gasteiger partial charge < -0.3 is 14.7 Å². The van der Waals surface area contributed by atoms with E-state index in [1.807, 2.05) is 4.90 Å². The largest absolute Gasteiger partial charge is 0.492 e. The number of hydrogen-bond acceptors (Lipinski definition) is 3. The fourth-order valence-corrected chi connectivity index (χ4v) is 2.87. The molecule has 0 spiro atoms. The highest BCUT2D eigenvalue weighted by molar-refractivity contribution is 6.42. The van der Waals surface area contributed by atoms with Gasteiger partial charge in [-0.15, -0.1) is 0 Å². The Hall–Kier alpha value is -0.970. The van der Waals surface area contributed by atoms with Crippen LogP contribution in [0.25, 0.3) is 0 Å². The molecule has 1 aliphatic heterocycles. The fourth-order valence-electron chi connectivity index (χ4n) is 2.52. The van der Waals surface area contributed by atoms with Crippen LogP contribution in [0, 0.1) is 5.92 Å². The first kappa shape index (κ1) is 17.4. The van der Waals surface area contributed by atoms with Gasteiger partial charge in [0.25, 0.3) is 0 Å². The van der Waals surface area contributed by atoms with Crippen LogP contribution in [-0.2, 0) is 4.79 Å². The molecule has 122 valence electrons. The van der Waals surface area contributed by atoms with Crippen LogP contribution in [0.15, 0.2) is 18.2 Å². The number of aliphatic hydroxyl groups is 1. The van der Waals surface area contributed by atoms with Crippen LogP contribution < -0.4 is 4.74 Å². The molecule has 1 aromatic rings. The van der Waals surface area contributed by atoms with E-state index in [1.165, 1.54) is 0 Å². The lowest BCUT2D eigenvalue weighted by Crippen LogP contribution is -2.39. The summed E-state index contributed by atoms with van der Waals surface area (Å²) in [5, 5.41) is 9.96. The maximum absolute atomic E-state index is 12.1. The molecule has 2 rings (SSSR count). The molecular weight excluding hydrogens is 325 g/mol. The Balaban J connectivity index is 1.68. The minimum absolute atomic E-state index is 0.150. The average molecular weight is 346 g/mol. The second-order valence-corrected chi connectivity index (χ2v) is 6.30. The zero-order chi connectivity index (χ0) is 15.9. The summed E-state index contributed by atoms with van der Waals surface area (Å²) in [7, 11) is 0. The third-order valence-corrected chi connectivity index (χ3v) is 4.74. The van der Waals surface area contributed by atoms with Crippen molar-refractivity contribution < 1.29 is 14.6 Å². The molecule has 0 aliphatic carbocycles. The number of benzene rings is 1. The summed E-state index contributed by atoms with van der Waals surface area (Å²) < 4.78 is 5.57. The van der Waals surface area contributed by atoms with Crippen molar-refractivity contribution in [1.82, 2.24) is 4.90 Å². The van der Waals surface area contributed by atoms with Gasteiger partial charge in [-0.1, -0.05) is 29.3 Å². The molecule has 22 heavy (non-hydrogen) atoms. The molecule has 1 aliphatic rings. The van der Waals surface area contributed by atoms with Crippen LogP contribution in [-0.4, -0.2) is 42.2 Å². The molecule has 1 aromatic carbocycles. The second kappa shape index (κ2) is 8.61. The van der Waals surface area contributed by atoms with Gasteiger partial charge in [0.05, 0.1) is 11.6 Å². The van der Waals surface area contributed by atoms with Crippen molar-refractivity contribution in [1.29, 1.82) is 0 Å². The van der Waals surface area contributed by atoms with Crippen molar-refractivity contribution in [2.24, 2.45) is 5.92 Å². The van der Waals surface area contributed by atoms with Gasteiger partial charge in [-0.25, -0.2) is 0 Å². The standard InChI is InChI=1S/C16H21Cl2NO3/c17-13-3-1-4-14(16(13)18)22-10-2-5-15(21)19-8-6-12(11-20)7-9-19/h1,3-4,12,20H,2,5-11H2. The van der Waals surface area contributed by atoms with E-state index in [2.05, 4.69) is 0 Å². The lowest BCUT2D eigenvalue weighted by Gasteiger charge is -2.31. The molecule has 1 fully saturated rings. The summed E-state index contributed by atoms with van der Waals surface area (Å²) in [5.41, 5.74) is 0. The van der Waals surface area contributed by atoms with Crippen molar-refractivity contribution in [2.45, 2.75) is 25.7 Å². The molecular formula is C16H21Cl2NO3.